The van der Waals surface area contributed by atoms with E-state index in [4.69, 9.17) is 5.73 Å². The van der Waals surface area contributed by atoms with E-state index in [0.29, 0.717) is 32.2 Å². The molecule has 0 aliphatic heterocycles. The number of hydrogen-bond donors (Lipinski definition) is 2. The number of nitrogen functional groups attached to an aromatic ring is 1. The molecule has 20 heavy (non-hydrogen) atoms. The maximum Gasteiger partial charge on any atom is 0.222 e. The molecule has 0 saturated heterocycles. The van der Waals surface area contributed by atoms with E-state index in [1.807, 2.05) is 24.3 Å². The Balaban J connectivity index is 2.18. The first-order valence-corrected chi connectivity index (χ1v) is 6.81. The van der Waals surface area contributed by atoms with Gasteiger partial charge in [-0.05, 0) is 24.5 Å². The van der Waals surface area contributed by atoms with Crippen LogP contribution in [0.5, 0.6) is 0 Å². The van der Waals surface area contributed by atoms with Gasteiger partial charge >= 0.3 is 0 Å². The summed E-state index contributed by atoms with van der Waals surface area (Å²) in [4.78, 5) is 24.5. The van der Waals surface area contributed by atoms with Gasteiger partial charge in [0.15, 0.2) is 0 Å². The average molecular weight is 277 g/mol. The highest BCUT2D eigenvalue weighted by molar-refractivity contribution is 5.77. The first kappa shape index (κ1) is 16.0. The van der Waals surface area contributed by atoms with Gasteiger partial charge in [-0.15, -0.1) is 0 Å². The van der Waals surface area contributed by atoms with Crippen molar-refractivity contribution in [2.24, 2.45) is 0 Å². The molecule has 0 aliphatic carbocycles. The quantitative estimate of drug-likeness (QED) is 0.580. The van der Waals surface area contributed by atoms with Crippen molar-refractivity contribution in [3.8, 4) is 0 Å². The number of nitrogens with zero attached hydrogens (tertiary/aromatic N) is 1. The van der Waals surface area contributed by atoms with Crippen LogP contribution in [0, 0.1) is 0 Å². The van der Waals surface area contributed by atoms with Crippen molar-refractivity contribution in [3.63, 3.8) is 0 Å². The van der Waals surface area contributed by atoms with E-state index in [-0.39, 0.29) is 11.8 Å². The normalized spacial score (nSPS) is 10.1. The summed E-state index contributed by atoms with van der Waals surface area (Å²) in [7, 11) is 3.45. The van der Waals surface area contributed by atoms with Gasteiger partial charge in [0.05, 0.1) is 0 Å². The number of carbonyl (C=O) groups excluding carboxylic acids is 2. The third kappa shape index (κ3) is 5.73. The van der Waals surface area contributed by atoms with Crippen molar-refractivity contribution < 1.29 is 9.59 Å². The lowest BCUT2D eigenvalue weighted by atomic mass is 10.1. The van der Waals surface area contributed by atoms with Gasteiger partial charge in [0.2, 0.25) is 11.8 Å². The van der Waals surface area contributed by atoms with Gasteiger partial charge in [0.25, 0.3) is 0 Å². The largest absolute Gasteiger partial charge is 0.399 e. The molecule has 2 amide bonds. The Morgan fingerprint density at radius 2 is 1.90 bits per heavy atom. The molecule has 1 aromatic carbocycles. The Bertz CT molecular complexity index is 458. The van der Waals surface area contributed by atoms with E-state index in [2.05, 4.69) is 5.32 Å². The third-order valence-electron chi connectivity index (χ3n) is 3.06. The zero-order valence-corrected chi connectivity index (χ0v) is 12.2. The second kappa shape index (κ2) is 8.19. The van der Waals surface area contributed by atoms with E-state index in [9.17, 15) is 9.59 Å². The maximum atomic E-state index is 11.7. The number of benzene rings is 1. The van der Waals surface area contributed by atoms with Crippen LogP contribution in [0.2, 0.25) is 0 Å². The Kier molecular flexibility index (Phi) is 6.56. The van der Waals surface area contributed by atoms with Crippen LogP contribution in [0.3, 0.4) is 0 Å². The number of nitrogens with one attached hydrogen (secondary N) is 1. The molecule has 1 aromatic rings. The van der Waals surface area contributed by atoms with E-state index in [0.717, 1.165) is 11.3 Å². The molecule has 110 valence electrons. The number of para-hydroxylation sites is 1. The molecule has 0 aliphatic rings. The summed E-state index contributed by atoms with van der Waals surface area (Å²) in [5.41, 5.74) is 7.53. The fourth-order valence-corrected chi connectivity index (χ4v) is 1.79. The number of hydrogen-bond acceptors (Lipinski definition) is 3. The van der Waals surface area contributed by atoms with Crippen molar-refractivity contribution >= 4 is 17.5 Å². The van der Waals surface area contributed by atoms with Crippen LogP contribution in [0.4, 0.5) is 5.69 Å². The minimum atomic E-state index is -0.00875. The third-order valence-corrected chi connectivity index (χ3v) is 3.06. The summed E-state index contributed by atoms with van der Waals surface area (Å²) in [5, 5.41) is 2.82. The highest BCUT2D eigenvalue weighted by Gasteiger charge is 2.06. The van der Waals surface area contributed by atoms with Gasteiger partial charge in [-0.1, -0.05) is 18.2 Å². The van der Waals surface area contributed by atoms with Crippen molar-refractivity contribution in [1.29, 1.82) is 0 Å². The van der Waals surface area contributed by atoms with Crippen molar-refractivity contribution in [2.75, 3.05) is 26.4 Å². The summed E-state index contributed by atoms with van der Waals surface area (Å²) >= 11 is 0. The first-order chi connectivity index (χ1) is 9.50. The predicted molar refractivity (Wildman–Crippen MR) is 80.1 cm³/mol. The molecule has 3 N–H and O–H groups in total. The van der Waals surface area contributed by atoms with E-state index < -0.39 is 0 Å². The smallest absolute Gasteiger partial charge is 0.222 e. The van der Waals surface area contributed by atoms with Crippen molar-refractivity contribution in [3.05, 3.63) is 29.8 Å². The fourth-order valence-electron chi connectivity index (χ4n) is 1.79. The molecular weight excluding hydrogens is 254 g/mol. The average Bonchev–Trinajstić information content (AvgIpc) is 2.42. The molecule has 1 rings (SSSR count). The molecule has 0 atom stereocenters. The van der Waals surface area contributed by atoms with Crippen LogP contribution in [0.15, 0.2) is 24.3 Å². The minimum absolute atomic E-state index is 0.00875. The lowest BCUT2D eigenvalue weighted by Crippen LogP contribution is -2.27. The summed E-state index contributed by atoms with van der Waals surface area (Å²) in [6.45, 7) is 0.530. The van der Waals surface area contributed by atoms with Gasteiger partial charge in [-0.25, -0.2) is 0 Å². The molecule has 0 spiro atoms. The van der Waals surface area contributed by atoms with Crippen LogP contribution in [0.25, 0.3) is 0 Å². The first-order valence-electron chi connectivity index (χ1n) is 6.81. The van der Waals surface area contributed by atoms with Crippen LogP contribution in [-0.2, 0) is 16.0 Å². The Morgan fingerprint density at radius 3 is 2.55 bits per heavy atom. The molecule has 0 saturated carbocycles. The molecular formula is C15H23N3O2. The van der Waals surface area contributed by atoms with Gasteiger partial charge < -0.3 is 16.0 Å². The summed E-state index contributed by atoms with van der Waals surface area (Å²) in [6, 6.07) is 7.55. The van der Waals surface area contributed by atoms with E-state index in [1.54, 1.807) is 19.0 Å². The summed E-state index contributed by atoms with van der Waals surface area (Å²) in [5.74, 6) is 0.0712. The summed E-state index contributed by atoms with van der Waals surface area (Å²) < 4.78 is 0. The highest BCUT2D eigenvalue weighted by atomic mass is 16.2. The monoisotopic (exact) mass is 277 g/mol. The van der Waals surface area contributed by atoms with Gasteiger partial charge in [0, 0.05) is 39.2 Å². The number of carbonyl (C=O) groups is 2. The molecule has 0 bridgehead atoms. The molecule has 0 radical (unpaired) electrons. The molecule has 5 nitrogen and oxygen atoms in total. The predicted octanol–water partition coefficient (Wildman–Crippen LogP) is 1.19. The van der Waals surface area contributed by atoms with Crippen molar-refractivity contribution in [1.82, 2.24) is 10.2 Å². The second-order valence-electron chi connectivity index (χ2n) is 4.94. The van der Waals surface area contributed by atoms with Gasteiger partial charge in [0.1, 0.15) is 0 Å². The molecule has 0 fully saturated rings. The van der Waals surface area contributed by atoms with Crippen LogP contribution < -0.4 is 11.1 Å². The topological polar surface area (TPSA) is 75.4 Å². The molecule has 0 aromatic heterocycles. The molecule has 5 heteroatoms. The van der Waals surface area contributed by atoms with E-state index in [1.165, 1.54) is 0 Å². The fraction of sp³-hybridized carbons (Fsp3) is 0.467. The number of aryl methyl sites for hydroxylation is 1. The number of nitrogens with two attached hydrogens (primary N) is 1. The Morgan fingerprint density at radius 1 is 1.20 bits per heavy atom. The minimum Gasteiger partial charge on any atom is -0.399 e. The van der Waals surface area contributed by atoms with E-state index >= 15 is 0 Å². The molecule has 0 unspecified atom stereocenters. The van der Waals surface area contributed by atoms with Gasteiger partial charge in [-0.3, -0.25) is 9.59 Å². The second-order valence-corrected chi connectivity index (χ2v) is 4.94. The standard InChI is InChI=1S/C15H23N3O2/c1-18(2)15(20)8-5-11-17-14(19)10-9-12-6-3-4-7-13(12)16/h3-4,6-7H,5,8-11,16H2,1-2H3,(H,17,19). The van der Waals surface area contributed by atoms with Crippen LogP contribution in [0.1, 0.15) is 24.8 Å². The highest BCUT2D eigenvalue weighted by Crippen LogP contribution is 2.12. The summed E-state index contributed by atoms with van der Waals surface area (Å²) in [6.07, 6.45) is 2.17. The maximum absolute atomic E-state index is 11.7. The van der Waals surface area contributed by atoms with Crippen LogP contribution >= 0.6 is 0 Å². The number of anilines is 1. The number of rotatable bonds is 7. The lowest BCUT2D eigenvalue weighted by Gasteiger charge is -2.10. The number of amides is 2. The molecule has 0 heterocycles. The zero-order chi connectivity index (χ0) is 15.0. The lowest BCUT2D eigenvalue weighted by molar-refractivity contribution is -0.129. The van der Waals surface area contributed by atoms with Crippen LogP contribution in [-0.4, -0.2) is 37.4 Å². The SMILES string of the molecule is CN(C)C(=O)CCCNC(=O)CCc1ccccc1N. The van der Waals surface area contributed by atoms with Crippen molar-refractivity contribution in [2.45, 2.75) is 25.7 Å². The Labute approximate surface area is 120 Å². The van der Waals surface area contributed by atoms with Gasteiger partial charge in [-0.2, -0.15) is 0 Å². The Hall–Kier alpha value is -2.04. The zero-order valence-electron chi connectivity index (χ0n) is 12.2.